The number of carboxylic acid groups (broad SMARTS) is 1. The van der Waals surface area contributed by atoms with Gasteiger partial charge in [0.15, 0.2) is 0 Å². The van der Waals surface area contributed by atoms with Crippen LogP contribution in [0.15, 0.2) is 5.03 Å². The number of aryl methyl sites for hydroxylation is 2. The zero-order chi connectivity index (χ0) is 15.0. The summed E-state index contributed by atoms with van der Waals surface area (Å²) in [6, 6.07) is 0. The predicted octanol–water partition coefficient (Wildman–Crippen LogP) is 1.94. The molecule has 0 saturated heterocycles. The molecule has 0 saturated carbocycles. The molecule has 7 heteroatoms. The Balaban J connectivity index is 2.49. The number of rotatable bonds is 9. The zero-order valence-corrected chi connectivity index (χ0v) is 12.8. The number of carboxylic acids is 1. The van der Waals surface area contributed by atoms with Gasteiger partial charge in [-0.3, -0.25) is 0 Å². The molecule has 20 heavy (non-hydrogen) atoms. The minimum atomic E-state index is -0.994. The van der Waals surface area contributed by atoms with Crippen LogP contribution in [-0.2, 0) is 9.47 Å². The molecule has 0 aromatic carbocycles. The zero-order valence-electron chi connectivity index (χ0n) is 12.0. The fraction of sp³-hybridized carbons (Fsp3) is 0.615. The van der Waals surface area contributed by atoms with Crippen LogP contribution in [0, 0.1) is 13.8 Å². The number of aromatic carboxylic acids is 1. The SMILES string of the molecule is COCCCOCCSc1nc(C)nc(C)c1C(=O)O. The lowest BCUT2D eigenvalue weighted by atomic mass is 10.2. The van der Waals surface area contributed by atoms with Crippen molar-refractivity contribution >= 4 is 17.7 Å². The highest BCUT2D eigenvalue weighted by Gasteiger charge is 2.17. The molecule has 1 N–H and O–H groups in total. The number of hydrogen-bond acceptors (Lipinski definition) is 6. The van der Waals surface area contributed by atoms with Gasteiger partial charge in [0, 0.05) is 26.1 Å². The van der Waals surface area contributed by atoms with Crippen LogP contribution >= 0.6 is 11.8 Å². The highest BCUT2D eigenvalue weighted by atomic mass is 32.2. The average molecular weight is 300 g/mol. The first-order valence-corrected chi connectivity index (χ1v) is 7.32. The first kappa shape index (κ1) is 16.9. The molecular formula is C13H20N2O4S. The van der Waals surface area contributed by atoms with Crippen molar-refractivity contribution < 1.29 is 19.4 Å². The normalized spacial score (nSPS) is 10.8. The van der Waals surface area contributed by atoms with Crippen molar-refractivity contribution in [1.82, 2.24) is 9.97 Å². The third-order valence-corrected chi connectivity index (χ3v) is 3.43. The summed E-state index contributed by atoms with van der Waals surface area (Å²) < 4.78 is 10.3. The van der Waals surface area contributed by atoms with Crippen LogP contribution in [0.4, 0.5) is 0 Å². The number of hydrogen-bond donors (Lipinski definition) is 1. The highest BCUT2D eigenvalue weighted by Crippen LogP contribution is 2.22. The van der Waals surface area contributed by atoms with E-state index in [0.717, 1.165) is 6.42 Å². The molecule has 0 aliphatic rings. The number of thioether (sulfide) groups is 1. The Hall–Kier alpha value is -1.18. The number of methoxy groups -OCH3 is 1. The van der Waals surface area contributed by atoms with Crippen molar-refractivity contribution in [1.29, 1.82) is 0 Å². The van der Waals surface area contributed by atoms with E-state index in [-0.39, 0.29) is 5.56 Å². The predicted molar refractivity (Wildman–Crippen MR) is 76.5 cm³/mol. The van der Waals surface area contributed by atoms with Gasteiger partial charge in [0.05, 0.1) is 12.3 Å². The standard InChI is InChI=1S/C13H20N2O4S/c1-9-11(13(16)17)12(15-10(2)14-9)20-8-7-19-6-4-5-18-3/h4-8H2,1-3H3,(H,16,17). The molecule has 0 unspecified atom stereocenters. The maximum Gasteiger partial charge on any atom is 0.340 e. The van der Waals surface area contributed by atoms with Crippen LogP contribution in [0.1, 0.15) is 28.3 Å². The fourth-order valence-corrected chi connectivity index (χ4v) is 2.61. The lowest BCUT2D eigenvalue weighted by Crippen LogP contribution is -2.09. The summed E-state index contributed by atoms with van der Waals surface area (Å²) in [5.41, 5.74) is 0.675. The van der Waals surface area contributed by atoms with Gasteiger partial charge in [-0.15, -0.1) is 11.8 Å². The molecule has 0 spiro atoms. The van der Waals surface area contributed by atoms with Crippen molar-refractivity contribution in [2.24, 2.45) is 0 Å². The first-order valence-electron chi connectivity index (χ1n) is 6.34. The van der Waals surface area contributed by atoms with Gasteiger partial charge in [-0.05, 0) is 20.3 Å². The van der Waals surface area contributed by atoms with Crippen LogP contribution in [-0.4, -0.2) is 53.7 Å². The van der Waals surface area contributed by atoms with Crippen LogP contribution in [0.2, 0.25) is 0 Å². The largest absolute Gasteiger partial charge is 0.478 e. The van der Waals surface area contributed by atoms with Gasteiger partial charge in [-0.25, -0.2) is 14.8 Å². The van der Waals surface area contributed by atoms with Crippen molar-refractivity contribution in [2.45, 2.75) is 25.3 Å². The molecule has 0 aliphatic heterocycles. The topological polar surface area (TPSA) is 81.5 Å². The maximum absolute atomic E-state index is 11.2. The summed E-state index contributed by atoms with van der Waals surface area (Å²) in [5.74, 6) is 0.241. The molecule has 0 radical (unpaired) electrons. The van der Waals surface area contributed by atoms with E-state index in [2.05, 4.69) is 9.97 Å². The van der Waals surface area contributed by atoms with Gasteiger partial charge in [-0.2, -0.15) is 0 Å². The number of nitrogens with zero attached hydrogens (tertiary/aromatic N) is 2. The van der Waals surface area contributed by atoms with Crippen molar-refractivity contribution in [3.8, 4) is 0 Å². The van der Waals surface area contributed by atoms with E-state index in [1.54, 1.807) is 21.0 Å². The Labute approximate surface area is 122 Å². The lowest BCUT2D eigenvalue weighted by Gasteiger charge is -2.08. The van der Waals surface area contributed by atoms with Gasteiger partial charge in [0.2, 0.25) is 0 Å². The molecular weight excluding hydrogens is 280 g/mol. The Morgan fingerprint density at radius 2 is 2.00 bits per heavy atom. The molecule has 1 aromatic heterocycles. The van der Waals surface area contributed by atoms with Crippen LogP contribution < -0.4 is 0 Å². The number of aromatic nitrogens is 2. The van der Waals surface area contributed by atoms with Crippen LogP contribution in [0.3, 0.4) is 0 Å². The summed E-state index contributed by atoms with van der Waals surface area (Å²) in [7, 11) is 1.66. The second-order valence-corrected chi connectivity index (χ2v) is 5.23. The van der Waals surface area contributed by atoms with Gasteiger partial charge >= 0.3 is 5.97 Å². The average Bonchev–Trinajstić information content (AvgIpc) is 2.36. The smallest absolute Gasteiger partial charge is 0.340 e. The van der Waals surface area contributed by atoms with E-state index in [9.17, 15) is 9.90 Å². The van der Waals surface area contributed by atoms with Crippen molar-refractivity contribution in [2.75, 3.05) is 32.7 Å². The molecule has 0 bridgehead atoms. The molecule has 112 valence electrons. The maximum atomic E-state index is 11.2. The molecule has 1 aromatic rings. The summed E-state index contributed by atoms with van der Waals surface area (Å²) >= 11 is 1.38. The van der Waals surface area contributed by atoms with Crippen LogP contribution in [0.5, 0.6) is 0 Å². The molecule has 0 aliphatic carbocycles. The van der Waals surface area contributed by atoms with Crippen molar-refractivity contribution in [3.05, 3.63) is 17.1 Å². The quantitative estimate of drug-likeness (QED) is 0.424. The summed E-state index contributed by atoms with van der Waals surface area (Å²) in [6.07, 6.45) is 0.854. The second kappa shape index (κ2) is 8.89. The van der Waals surface area contributed by atoms with E-state index in [0.29, 0.717) is 42.1 Å². The Morgan fingerprint density at radius 3 is 2.65 bits per heavy atom. The first-order chi connectivity index (χ1) is 9.56. The molecule has 0 atom stereocenters. The second-order valence-electron chi connectivity index (χ2n) is 4.15. The minimum absolute atomic E-state index is 0.181. The van der Waals surface area contributed by atoms with Gasteiger partial charge in [-0.1, -0.05) is 0 Å². The third-order valence-electron chi connectivity index (χ3n) is 2.49. The van der Waals surface area contributed by atoms with Gasteiger partial charge < -0.3 is 14.6 Å². The van der Waals surface area contributed by atoms with Gasteiger partial charge in [0.25, 0.3) is 0 Å². The van der Waals surface area contributed by atoms with E-state index < -0.39 is 5.97 Å². The molecule has 1 heterocycles. The van der Waals surface area contributed by atoms with E-state index in [4.69, 9.17) is 9.47 Å². The highest BCUT2D eigenvalue weighted by molar-refractivity contribution is 7.99. The summed E-state index contributed by atoms with van der Waals surface area (Å²) in [5, 5.41) is 9.70. The monoisotopic (exact) mass is 300 g/mol. The Morgan fingerprint density at radius 1 is 1.25 bits per heavy atom. The molecule has 1 rings (SSSR count). The molecule has 0 fully saturated rings. The van der Waals surface area contributed by atoms with Crippen LogP contribution in [0.25, 0.3) is 0 Å². The Bertz CT molecular complexity index is 454. The molecule has 0 amide bonds. The van der Waals surface area contributed by atoms with E-state index >= 15 is 0 Å². The fourth-order valence-electron chi connectivity index (χ4n) is 1.64. The van der Waals surface area contributed by atoms with E-state index in [1.165, 1.54) is 11.8 Å². The third kappa shape index (κ3) is 5.44. The Kier molecular flexibility index (Phi) is 7.50. The van der Waals surface area contributed by atoms with Crippen molar-refractivity contribution in [3.63, 3.8) is 0 Å². The van der Waals surface area contributed by atoms with E-state index in [1.807, 2.05) is 0 Å². The lowest BCUT2D eigenvalue weighted by molar-refractivity contribution is 0.0690. The number of carbonyl (C=O) groups is 1. The van der Waals surface area contributed by atoms with Gasteiger partial charge in [0.1, 0.15) is 16.4 Å². The minimum Gasteiger partial charge on any atom is -0.478 e. The molecule has 6 nitrogen and oxygen atoms in total. The number of ether oxygens (including phenoxy) is 2. The summed E-state index contributed by atoms with van der Waals surface area (Å²) in [4.78, 5) is 19.5. The summed E-state index contributed by atoms with van der Waals surface area (Å²) in [6.45, 7) is 5.31.